The van der Waals surface area contributed by atoms with Crippen LogP contribution in [0, 0.1) is 0 Å². The van der Waals surface area contributed by atoms with Crippen LogP contribution in [0.25, 0.3) is 10.9 Å². The van der Waals surface area contributed by atoms with E-state index < -0.39 is 5.97 Å². The van der Waals surface area contributed by atoms with Crippen molar-refractivity contribution in [3.05, 3.63) is 35.5 Å². The third-order valence-electron chi connectivity index (χ3n) is 3.14. The van der Waals surface area contributed by atoms with Crippen LogP contribution in [0.4, 0.5) is 0 Å². The number of aromatic amines is 1. The average Bonchev–Trinajstić information content (AvgIpc) is 2.86. The summed E-state index contributed by atoms with van der Waals surface area (Å²) in [5, 5.41) is 3.50. The maximum absolute atomic E-state index is 12.2. The minimum absolute atomic E-state index is 0.258. The molecule has 0 saturated carbocycles. The second kappa shape index (κ2) is 6.23. The van der Waals surface area contributed by atoms with Crippen LogP contribution in [-0.4, -0.2) is 30.5 Å². The fourth-order valence-electron chi connectivity index (χ4n) is 2.09. The smallest absolute Gasteiger partial charge is 0.340 e. The summed E-state index contributed by atoms with van der Waals surface area (Å²) in [5.41, 5.74) is 1.29. The lowest BCUT2D eigenvalue weighted by molar-refractivity contribution is 0.0598. The van der Waals surface area contributed by atoms with Gasteiger partial charge in [0.25, 0.3) is 5.91 Å². The Kier molecular flexibility index (Phi) is 4.40. The molecule has 0 saturated heterocycles. The predicted molar refractivity (Wildman–Crippen MR) is 76.9 cm³/mol. The summed E-state index contributed by atoms with van der Waals surface area (Å²) < 4.78 is 4.78. The van der Waals surface area contributed by atoms with Crippen molar-refractivity contribution in [1.29, 1.82) is 0 Å². The summed E-state index contributed by atoms with van der Waals surface area (Å²) in [5.74, 6) is -0.793. The topological polar surface area (TPSA) is 71.2 Å². The maximum Gasteiger partial charge on any atom is 0.340 e. The molecule has 2 N–H and O–H groups in total. The number of H-pyrrole nitrogens is 1. The second-order valence-electron chi connectivity index (χ2n) is 4.52. The zero-order chi connectivity index (χ0) is 14.5. The Morgan fingerprint density at radius 2 is 2.05 bits per heavy atom. The molecule has 0 radical (unpaired) electrons. The number of benzene rings is 1. The number of amides is 1. The van der Waals surface area contributed by atoms with Gasteiger partial charge in [0.15, 0.2) is 0 Å². The summed E-state index contributed by atoms with van der Waals surface area (Å²) in [6.45, 7) is 2.64. The van der Waals surface area contributed by atoms with Crippen molar-refractivity contribution in [3.8, 4) is 0 Å². The van der Waals surface area contributed by atoms with Gasteiger partial charge in [0.05, 0.1) is 12.7 Å². The number of aromatic nitrogens is 1. The van der Waals surface area contributed by atoms with Crippen molar-refractivity contribution in [3.63, 3.8) is 0 Å². The van der Waals surface area contributed by atoms with Gasteiger partial charge in [0, 0.05) is 17.4 Å². The van der Waals surface area contributed by atoms with Crippen LogP contribution in [0.15, 0.2) is 24.3 Å². The quantitative estimate of drug-likeness (QED) is 0.650. The number of methoxy groups -OCH3 is 1. The minimum Gasteiger partial charge on any atom is -0.465 e. The van der Waals surface area contributed by atoms with Crippen LogP contribution < -0.4 is 5.32 Å². The lowest BCUT2D eigenvalue weighted by Gasteiger charge is -2.04. The van der Waals surface area contributed by atoms with E-state index in [4.69, 9.17) is 4.74 Å². The number of rotatable bonds is 5. The molecule has 5 heteroatoms. The molecule has 0 aliphatic carbocycles. The van der Waals surface area contributed by atoms with E-state index in [2.05, 4.69) is 17.2 Å². The maximum atomic E-state index is 12.2. The fraction of sp³-hybridized carbons (Fsp3) is 0.333. The zero-order valence-corrected chi connectivity index (χ0v) is 11.7. The van der Waals surface area contributed by atoms with E-state index in [1.54, 1.807) is 6.07 Å². The van der Waals surface area contributed by atoms with Gasteiger partial charge < -0.3 is 15.0 Å². The van der Waals surface area contributed by atoms with Crippen LogP contribution in [-0.2, 0) is 4.74 Å². The Bertz CT molecular complexity index is 631. The van der Waals surface area contributed by atoms with Crippen LogP contribution >= 0.6 is 0 Å². The highest BCUT2D eigenvalue weighted by atomic mass is 16.5. The van der Waals surface area contributed by atoms with Gasteiger partial charge in [-0.1, -0.05) is 31.5 Å². The molecule has 1 aromatic heterocycles. The largest absolute Gasteiger partial charge is 0.465 e. The first-order chi connectivity index (χ1) is 9.69. The number of fused-ring (bicyclic) bond motifs is 1. The molecule has 0 aliphatic rings. The van der Waals surface area contributed by atoms with E-state index in [1.165, 1.54) is 7.11 Å². The molecule has 0 unspecified atom stereocenters. The molecular formula is C15H18N2O3. The summed E-state index contributed by atoms with van der Waals surface area (Å²) in [7, 11) is 1.31. The highest BCUT2D eigenvalue weighted by Gasteiger charge is 2.23. The van der Waals surface area contributed by atoms with Gasteiger partial charge in [-0.05, 0) is 12.5 Å². The molecule has 2 rings (SSSR count). The Labute approximate surface area is 117 Å². The van der Waals surface area contributed by atoms with Crippen molar-refractivity contribution >= 4 is 22.8 Å². The van der Waals surface area contributed by atoms with Gasteiger partial charge in [0.1, 0.15) is 5.69 Å². The van der Waals surface area contributed by atoms with E-state index in [1.807, 2.05) is 18.2 Å². The molecule has 0 aliphatic heterocycles. The predicted octanol–water partition coefficient (Wildman–Crippen LogP) is 2.48. The molecule has 1 heterocycles. The zero-order valence-electron chi connectivity index (χ0n) is 11.7. The van der Waals surface area contributed by atoms with Gasteiger partial charge in [-0.2, -0.15) is 0 Å². The molecule has 0 spiro atoms. The lowest BCUT2D eigenvalue weighted by Crippen LogP contribution is -2.26. The number of para-hydroxylation sites is 1. The molecule has 0 bridgehead atoms. The molecule has 0 fully saturated rings. The number of hydrogen-bond acceptors (Lipinski definition) is 3. The number of hydrogen-bond donors (Lipinski definition) is 2. The van der Waals surface area contributed by atoms with E-state index >= 15 is 0 Å². The lowest BCUT2D eigenvalue weighted by atomic mass is 10.1. The molecule has 5 nitrogen and oxygen atoms in total. The van der Waals surface area contributed by atoms with Gasteiger partial charge >= 0.3 is 5.97 Å². The molecular weight excluding hydrogens is 256 g/mol. The van der Waals surface area contributed by atoms with E-state index in [0.717, 1.165) is 18.4 Å². The Balaban J connectivity index is 2.41. The Morgan fingerprint density at radius 1 is 1.30 bits per heavy atom. The Hall–Kier alpha value is -2.30. The molecule has 106 valence electrons. The molecule has 20 heavy (non-hydrogen) atoms. The summed E-state index contributed by atoms with van der Waals surface area (Å²) in [4.78, 5) is 27.1. The van der Waals surface area contributed by atoms with Crippen LogP contribution in [0.1, 0.15) is 40.6 Å². The Morgan fingerprint density at radius 3 is 2.75 bits per heavy atom. The number of ether oxygens (including phenoxy) is 1. The number of esters is 1. The van der Waals surface area contributed by atoms with E-state index in [-0.39, 0.29) is 17.2 Å². The third kappa shape index (κ3) is 2.66. The average molecular weight is 274 g/mol. The molecule has 1 aromatic carbocycles. The van der Waals surface area contributed by atoms with E-state index in [0.29, 0.717) is 11.9 Å². The number of nitrogens with one attached hydrogen (secondary N) is 2. The standard InChI is InChI=1S/C15H18N2O3/c1-3-4-9-16-14(18)13-12(15(19)20-2)10-7-5-6-8-11(10)17-13/h5-8,17H,3-4,9H2,1-2H3,(H,16,18). The number of carbonyl (C=O) groups excluding carboxylic acids is 2. The normalized spacial score (nSPS) is 10.5. The molecule has 2 aromatic rings. The highest BCUT2D eigenvalue weighted by molar-refractivity contribution is 6.13. The molecule has 1 amide bonds. The van der Waals surface area contributed by atoms with Crippen LogP contribution in [0.3, 0.4) is 0 Å². The first kappa shape index (κ1) is 14.1. The SMILES string of the molecule is CCCCNC(=O)c1[nH]c2ccccc2c1C(=O)OC. The first-order valence-electron chi connectivity index (χ1n) is 6.66. The fourth-order valence-corrected chi connectivity index (χ4v) is 2.09. The number of unbranched alkanes of at least 4 members (excludes halogenated alkanes) is 1. The van der Waals surface area contributed by atoms with E-state index in [9.17, 15) is 9.59 Å². The molecule has 0 atom stereocenters. The highest BCUT2D eigenvalue weighted by Crippen LogP contribution is 2.23. The summed E-state index contributed by atoms with van der Waals surface area (Å²) in [6, 6.07) is 7.28. The van der Waals surface area contributed by atoms with Crippen molar-refractivity contribution in [1.82, 2.24) is 10.3 Å². The van der Waals surface area contributed by atoms with Crippen LogP contribution in [0.5, 0.6) is 0 Å². The van der Waals surface area contributed by atoms with Gasteiger partial charge in [-0.25, -0.2) is 4.79 Å². The van der Waals surface area contributed by atoms with Crippen molar-refractivity contribution in [2.45, 2.75) is 19.8 Å². The minimum atomic E-state index is -0.511. The third-order valence-corrected chi connectivity index (χ3v) is 3.14. The second-order valence-corrected chi connectivity index (χ2v) is 4.52. The number of carbonyl (C=O) groups is 2. The van der Waals surface area contributed by atoms with Gasteiger partial charge in [0.2, 0.25) is 0 Å². The first-order valence-corrected chi connectivity index (χ1v) is 6.66. The van der Waals surface area contributed by atoms with Gasteiger partial charge in [-0.3, -0.25) is 4.79 Å². The van der Waals surface area contributed by atoms with Crippen molar-refractivity contribution < 1.29 is 14.3 Å². The van der Waals surface area contributed by atoms with Crippen molar-refractivity contribution in [2.75, 3.05) is 13.7 Å². The van der Waals surface area contributed by atoms with Gasteiger partial charge in [-0.15, -0.1) is 0 Å². The van der Waals surface area contributed by atoms with Crippen LogP contribution in [0.2, 0.25) is 0 Å². The monoisotopic (exact) mass is 274 g/mol. The summed E-state index contributed by atoms with van der Waals surface area (Å²) in [6.07, 6.45) is 1.90. The van der Waals surface area contributed by atoms with Crippen molar-refractivity contribution in [2.24, 2.45) is 0 Å². The summed E-state index contributed by atoms with van der Waals surface area (Å²) >= 11 is 0.